The summed E-state index contributed by atoms with van der Waals surface area (Å²) in [5, 5.41) is 2.21. The summed E-state index contributed by atoms with van der Waals surface area (Å²) >= 11 is 5.03. The second kappa shape index (κ2) is 4.37. The zero-order valence-corrected chi connectivity index (χ0v) is 9.72. The molecule has 1 fully saturated rings. The molecule has 0 amide bonds. The molecule has 1 aliphatic heterocycles. The molecular formula is C8H12BrN3S. The molecule has 0 radical (unpaired) electrons. The van der Waals surface area contributed by atoms with Crippen LogP contribution in [-0.2, 0) is 0 Å². The van der Waals surface area contributed by atoms with Gasteiger partial charge < -0.3 is 4.90 Å². The number of nitrogens with zero attached hydrogens (tertiary/aromatic N) is 3. The Labute approximate surface area is 90.5 Å². The Hall–Kier alpha value is -0.160. The van der Waals surface area contributed by atoms with Crippen LogP contribution in [0.3, 0.4) is 0 Å². The summed E-state index contributed by atoms with van der Waals surface area (Å²) in [4.78, 5) is 6.54. The smallest absolute Gasteiger partial charge is 0.204 e. The van der Waals surface area contributed by atoms with Gasteiger partial charge in [-0.3, -0.25) is 0 Å². The number of alkyl halides is 1. The van der Waals surface area contributed by atoms with E-state index in [9.17, 15) is 0 Å². The molecule has 1 saturated heterocycles. The zero-order chi connectivity index (χ0) is 9.10. The minimum absolute atomic E-state index is 0.851. The maximum atomic E-state index is 4.21. The monoisotopic (exact) mass is 261 g/mol. The van der Waals surface area contributed by atoms with E-state index in [0.29, 0.717) is 0 Å². The van der Waals surface area contributed by atoms with Crippen LogP contribution in [0.25, 0.3) is 0 Å². The molecular weight excluding hydrogens is 250 g/mol. The quantitative estimate of drug-likeness (QED) is 0.765. The van der Waals surface area contributed by atoms with Gasteiger partial charge in [-0.15, -0.1) is 0 Å². The highest BCUT2D eigenvalue weighted by Crippen LogP contribution is 2.24. The molecule has 0 bridgehead atoms. The number of piperidine rings is 1. The summed E-state index contributed by atoms with van der Waals surface area (Å²) in [7, 11) is 0. The van der Waals surface area contributed by atoms with E-state index in [1.54, 1.807) is 6.33 Å². The van der Waals surface area contributed by atoms with E-state index in [4.69, 9.17) is 0 Å². The molecule has 0 N–H and O–H groups in total. The highest BCUT2D eigenvalue weighted by Gasteiger charge is 2.19. The third-order valence-corrected chi connectivity index (χ3v) is 4.10. The Morgan fingerprint density at radius 1 is 1.54 bits per heavy atom. The van der Waals surface area contributed by atoms with Crippen molar-refractivity contribution in [1.82, 2.24) is 9.36 Å². The highest BCUT2D eigenvalue weighted by molar-refractivity contribution is 9.09. The predicted molar refractivity (Wildman–Crippen MR) is 58.6 cm³/mol. The molecule has 72 valence electrons. The fourth-order valence-corrected chi connectivity index (χ4v) is 2.81. The van der Waals surface area contributed by atoms with Crippen LogP contribution in [0.1, 0.15) is 12.8 Å². The molecule has 0 unspecified atom stereocenters. The van der Waals surface area contributed by atoms with E-state index in [-0.39, 0.29) is 0 Å². The molecule has 2 heterocycles. The van der Waals surface area contributed by atoms with Crippen molar-refractivity contribution in [2.45, 2.75) is 12.8 Å². The molecule has 1 aromatic rings. The second-order valence-electron chi connectivity index (χ2n) is 3.31. The fraction of sp³-hybridized carbons (Fsp3) is 0.750. The van der Waals surface area contributed by atoms with Crippen LogP contribution in [0.2, 0.25) is 0 Å². The molecule has 0 aliphatic carbocycles. The van der Waals surface area contributed by atoms with Crippen molar-refractivity contribution in [2.24, 2.45) is 5.92 Å². The first-order valence-electron chi connectivity index (χ1n) is 4.47. The second-order valence-corrected chi connectivity index (χ2v) is 4.71. The van der Waals surface area contributed by atoms with Crippen LogP contribution in [0, 0.1) is 5.92 Å². The van der Waals surface area contributed by atoms with Gasteiger partial charge in [0.05, 0.1) is 0 Å². The highest BCUT2D eigenvalue weighted by atomic mass is 79.9. The number of aromatic nitrogens is 2. The lowest BCUT2D eigenvalue weighted by Gasteiger charge is -2.30. The van der Waals surface area contributed by atoms with Crippen molar-refractivity contribution < 1.29 is 0 Å². The first kappa shape index (κ1) is 9.40. The van der Waals surface area contributed by atoms with Gasteiger partial charge in [0.1, 0.15) is 6.33 Å². The van der Waals surface area contributed by atoms with Gasteiger partial charge >= 0.3 is 0 Å². The van der Waals surface area contributed by atoms with E-state index in [0.717, 1.165) is 29.5 Å². The van der Waals surface area contributed by atoms with Crippen LogP contribution in [0.15, 0.2) is 6.33 Å². The van der Waals surface area contributed by atoms with Crippen LogP contribution in [-0.4, -0.2) is 27.8 Å². The molecule has 13 heavy (non-hydrogen) atoms. The molecule has 0 spiro atoms. The standard InChI is InChI=1S/C8H12BrN3S/c9-5-7-1-3-12(4-2-7)8-10-6-11-13-8/h6-7H,1-5H2. The molecule has 1 aromatic heterocycles. The van der Waals surface area contributed by atoms with Crippen LogP contribution in [0.5, 0.6) is 0 Å². The zero-order valence-electron chi connectivity index (χ0n) is 7.32. The largest absolute Gasteiger partial charge is 0.347 e. The Morgan fingerprint density at radius 3 is 2.85 bits per heavy atom. The van der Waals surface area contributed by atoms with Gasteiger partial charge in [-0.2, -0.15) is 4.37 Å². The first-order chi connectivity index (χ1) is 6.40. The predicted octanol–water partition coefficient (Wildman–Crippen LogP) is 2.15. The summed E-state index contributed by atoms with van der Waals surface area (Å²) in [6.07, 6.45) is 4.17. The molecule has 0 atom stereocenters. The average Bonchev–Trinajstić information content (AvgIpc) is 2.71. The number of rotatable bonds is 2. The topological polar surface area (TPSA) is 29.0 Å². The lowest BCUT2D eigenvalue weighted by molar-refractivity contribution is 0.447. The number of hydrogen-bond acceptors (Lipinski definition) is 4. The normalized spacial score (nSPS) is 19.3. The van der Waals surface area contributed by atoms with E-state index in [1.165, 1.54) is 24.4 Å². The summed E-state index contributed by atoms with van der Waals surface area (Å²) in [6.45, 7) is 2.26. The van der Waals surface area contributed by atoms with E-state index >= 15 is 0 Å². The van der Waals surface area contributed by atoms with Crippen LogP contribution < -0.4 is 4.90 Å². The lowest BCUT2D eigenvalue weighted by atomic mass is 10.00. The molecule has 5 heteroatoms. The molecule has 2 rings (SSSR count). The SMILES string of the molecule is BrCC1CCN(c2ncns2)CC1. The summed E-state index contributed by atoms with van der Waals surface area (Å²) in [5.74, 6) is 0.851. The molecule has 0 saturated carbocycles. The van der Waals surface area contributed by atoms with E-state index < -0.39 is 0 Å². The van der Waals surface area contributed by atoms with Crippen LogP contribution in [0.4, 0.5) is 5.13 Å². The summed E-state index contributed by atoms with van der Waals surface area (Å²) in [6, 6.07) is 0. The van der Waals surface area contributed by atoms with Gasteiger partial charge in [0.25, 0.3) is 0 Å². The Morgan fingerprint density at radius 2 is 2.31 bits per heavy atom. The van der Waals surface area contributed by atoms with Crippen molar-refractivity contribution in [3.8, 4) is 0 Å². The van der Waals surface area contributed by atoms with Crippen molar-refractivity contribution in [2.75, 3.05) is 23.3 Å². The maximum Gasteiger partial charge on any atom is 0.204 e. The average molecular weight is 262 g/mol. The summed E-state index contributed by atoms with van der Waals surface area (Å²) < 4.78 is 4.02. The molecule has 3 nitrogen and oxygen atoms in total. The van der Waals surface area contributed by atoms with Gasteiger partial charge in [-0.05, 0) is 18.8 Å². The van der Waals surface area contributed by atoms with Crippen molar-refractivity contribution in [3.05, 3.63) is 6.33 Å². The van der Waals surface area contributed by atoms with E-state index in [2.05, 4.69) is 30.2 Å². The molecule has 1 aliphatic rings. The van der Waals surface area contributed by atoms with Crippen molar-refractivity contribution in [1.29, 1.82) is 0 Å². The minimum Gasteiger partial charge on any atom is -0.347 e. The van der Waals surface area contributed by atoms with Gasteiger partial charge in [0, 0.05) is 30.0 Å². The number of hydrogen-bond donors (Lipinski definition) is 0. The molecule has 0 aromatic carbocycles. The third kappa shape index (κ3) is 2.20. The van der Waals surface area contributed by atoms with Gasteiger partial charge in [-0.25, -0.2) is 4.98 Å². The lowest BCUT2D eigenvalue weighted by Crippen LogP contribution is -2.33. The number of halogens is 1. The van der Waals surface area contributed by atoms with Gasteiger partial charge in [-0.1, -0.05) is 15.9 Å². The van der Waals surface area contributed by atoms with Crippen molar-refractivity contribution >= 4 is 32.6 Å². The van der Waals surface area contributed by atoms with Gasteiger partial charge in [0.2, 0.25) is 5.13 Å². The summed E-state index contributed by atoms with van der Waals surface area (Å²) in [5.41, 5.74) is 0. The van der Waals surface area contributed by atoms with Crippen LogP contribution >= 0.6 is 27.5 Å². The fourth-order valence-electron chi connectivity index (χ4n) is 1.59. The van der Waals surface area contributed by atoms with Gasteiger partial charge in [0.15, 0.2) is 0 Å². The number of anilines is 1. The van der Waals surface area contributed by atoms with E-state index in [1.807, 2.05) is 0 Å². The Bertz CT molecular complexity index is 244. The third-order valence-electron chi connectivity index (χ3n) is 2.45. The Balaban J connectivity index is 1.92. The first-order valence-corrected chi connectivity index (χ1v) is 6.37. The van der Waals surface area contributed by atoms with Crippen molar-refractivity contribution in [3.63, 3.8) is 0 Å². The minimum atomic E-state index is 0.851. The maximum absolute atomic E-state index is 4.21. The Kier molecular flexibility index (Phi) is 3.16.